The average molecular weight is 365 g/mol. The molecule has 0 aliphatic carbocycles. The largest absolute Gasteiger partial charge is 0.340 e. The maximum atomic E-state index is 12.2. The topological polar surface area (TPSA) is 80.8 Å². The van der Waals surface area contributed by atoms with E-state index in [1.165, 1.54) is 23.1 Å². The molecule has 0 spiro atoms. The van der Waals surface area contributed by atoms with E-state index in [0.717, 1.165) is 14.6 Å². The number of hydrogen-bond donors (Lipinski definition) is 0. The molecule has 0 unspecified atom stereocenters. The van der Waals surface area contributed by atoms with Crippen LogP contribution in [0.5, 0.6) is 0 Å². The van der Waals surface area contributed by atoms with E-state index < -0.39 is 0 Å². The van der Waals surface area contributed by atoms with Gasteiger partial charge in [-0.1, -0.05) is 23.4 Å². The number of halogens is 1. The van der Waals surface area contributed by atoms with Crippen LogP contribution < -0.4 is 0 Å². The number of nitriles is 2. The standard InChI is InChI=1S/C15H13ClN4OS2/c16-11-3-4-13-12(9-11)19-15(23-13)22-10-14(21)20(7-1-5-17)8-2-6-18/h3-4,9H,1-2,7-8,10H2. The molecule has 0 bridgehead atoms. The molecule has 2 rings (SSSR count). The number of thioether (sulfide) groups is 1. The lowest BCUT2D eigenvalue weighted by atomic mass is 10.3. The van der Waals surface area contributed by atoms with E-state index in [1.54, 1.807) is 11.0 Å². The Bertz CT molecular complexity index is 760. The molecule has 8 heteroatoms. The van der Waals surface area contributed by atoms with Crippen molar-refractivity contribution in [3.63, 3.8) is 0 Å². The molecule has 0 aliphatic heterocycles. The molecule has 2 aromatic rings. The molecule has 118 valence electrons. The van der Waals surface area contributed by atoms with E-state index in [4.69, 9.17) is 22.1 Å². The number of carbonyl (C=O) groups is 1. The summed E-state index contributed by atoms with van der Waals surface area (Å²) in [6, 6.07) is 9.56. The molecule has 1 aromatic heterocycles. The molecular formula is C15H13ClN4OS2. The molecule has 1 amide bonds. The second-order valence-electron chi connectivity index (χ2n) is 4.58. The fourth-order valence-corrected chi connectivity index (χ4v) is 4.00. The summed E-state index contributed by atoms with van der Waals surface area (Å²) >= 11 is 8.81. The van der Waals surface area contributed by atoms with Crippen LogP contribution in [0.2, 0.25) is 5.02 Å². The number of benzene rings is 1. The van der Waals surface area contributed by atoms with Gasteiger partial charge in [0.15, 0.2) is 4.34 Å². The zero-order valence-corrected chi connectivity index (χ0v) is 14.5. The smallest absolute Gasteiger partial charge is 0.233 e. The van der Waals surface area contributed by atoms with Gasteiger partial charge in [0.2, 0.25) is 5.91 Å². The predicted octanol–water partition coefficient (Wildman–Crippen LogP) is 3.70. The first kappa shape index (κ1) is 17.6. The molecule has 0 saturated heterocycles. The minimum atomic E-state index is -0.0854. The zero-order valence-electron chi connectivity index (χ0n) is 12.2. The van der Waals surface area contributed by atoms with Gasteiger partial charge in [-0.3, -0.25) is 4.79 Å². The Balaban J connectivity index is 1.97. The highest BCUT2D eigenvalue weighted by Crippen LogP contribution is 2.31. The number of aromatic nitrogens is 1. The van der Waals surface area contributed by atoms with Gasteiger partial charge in [-0.25, -0.2) is 4.98 Å². The third kappa shape index (κ3) is 5.11. The third-order valence-corrected chi connectivity index (χ3v) is 5.39. The van der Waals surface area contributed by atoms with Crippen LogP contribution in [0.15, 0.2) is 22.5 Å². The van der Waals surface area contributed by atoms with Gasteiger partial charge in [-0.2, -0.15) is 10.5 Å². The summed E-state index contributed by atoms with van der Waals surface area (Å²) in [7, 11) is 0. The summed E-state index contributed by atoms with van der Waals surface area (Å²) in [6.07, 6.45) is 0.531. The summed E-state index contributed by atoms with van der Waals surface area (Å²) < 4.78 is 1.83. The molecule has 0 fully saturated rings. The Morgan fingerprint density at radius 1 is 1.30 bits per heavy atom. The summed E-state index contributed by atoms with van der Waals surface area (Å²) in [5.74, 6) is 0.155. The van der Waals surface area contributed by atoms with Crippen molar-refractivity contribution in [3.05, 3.63) is 23.2 Å². The van der Waals surface area contributed by atoms with Crippen LogP contribution in [0, 0.1) is 22.7 Å². The van der Waals surface area contributed by atoms with Gasteiger partial charge in [0.1, 0.15) is 0 Å². The first-order valence-electron chi connectivity index (χ1n) is 6.84. The van der Waals surface area contributed by atoms with Crippen LogP contribution in [0.3, 0.4) is 0 Å². The van der Waals surface area contributed by atoms with E-state index in [-0.39, 0.29) is 24.5 Å². The molecule has 0 N–H and O–H groups in total. The van der Waals surface area contributed by atoms with E-state index >= 15 is 0 Å². The minimum absolute atomic E-state index is 0.0854. The second-order valence-corrected chi connectivity index (χ2v) is 7.27. The zero-order chi connectivity index (χ0) is 16.7. The fourth-order valence-electron chi connectivity index (χ4n) is 1.89. The lowest BCUT2D eigenvalue weighted by Crippen LogP contribution is -2.34. The number of fused-ring (bicyclic) bond motifs is 1. The lowest BCUT2D eigenvalue weighted by molar-refractivity contribution is -0.128. The Labute approximate surface area is 147 Å². The molecule has 0 saturated carbocycles. The first-order chi connectivity index (χ1) is 11.1. The maximum Gasteiger partial charge on any atom is 0.233 e. The maximum absolute atomic E-state index is 12.2. The number of rotatable bonds is 7. The SMILES string of the molecule is N#CCCN(CCC#N)C(=O)CSc1nc2cc(Cl)ccc2s1. The van der Waals surface area contributed by atoms with Gasteiger partial charge in [0.25, 0.3) is 0 Å². The molecule has 23 heavy (non-hydrogen) atoms. The second kappa shape index (κ2) is 8.73. The van der Waals surface area contributed by atoms with E-state index in [2.05, 4.69) is 4.98 Å². The molecule has 0 radical (unpaired) electrons. The van der Waals surface area contributed by atoms with Crippen LogP contribution in [-0.2, 0) is 4.79 Å². The van der Waals surface area contributed by atoms with Crippen LogP contribution >= 0.6 is 34.7 Å². The number of carbonyl (C=O) groups excluding carboxylic acids is 1. The fraction of sp³-hybridized carbons (Fsp3) is 0.333. The van der Waals surface area contributed by atoms with Crippen LogP contribution in [-0.4, -0.2) is 34.6 Å². The average Bonchev–Trinajstić information content (AvgIpc) is 2.94. The summed E-state index contributed by atoms with van der Waals surface area (Å²) in [5.41, 5.74) is 0.822. The molecule has 1 aromatic carbocycles. The Hall–Kier alpha value is -1.80. The van der Waals surface area contributed by atoms with Gasteiger partial charge in [0, 0.05) is 18.1 Å². The van der Waals surface area contributed by atoms with Crippen molar-refractivity contribution in [1.29, 1.82) is 10.5 Å². The van der Waals surface area contributed by atoms with Crippen molar-refractivity contribution in [2.75, 3.05) is 18.8 Å². The van der Waals surface area contributed by atoms with Crippen molar-refractivity contribution in [2.24, 2.45) is 0 Å². The van der Waals surface area contributed by atoms with Crippen molar-refractivity contribution < 1.29 is 4.79 Å². The molecule has 5 nitrogen and oxygen atoms in total. The Kier molecular flexibility index (Phi) is 6.66. The van der Waals surface area contributed by atoms with Gasteiger partial charge < -0.3 is 4.90 Å². The van der Waals surface area contributed by atoms with Gasteiger partial charge in [-0.15, -0.1) is 11.3 Å². The van der Waals surface area contributed by atoms with Gasteiger partial charge >= 0.3 is 0 Å². The first-order valence-corrected chi connectivity index (χ1v) is 9.02. The highest BCUT2D eigenvalue weighted by Gasteiger charge is 2.14. The van der Waals surface area contributed by atoms with Crippen molar-refractivity contribution in [1.82, 2.24) is 9.88 Å². The van der Waals surface area contributed by atoms with E-state index in [9.17, 15) is 4.79 Å². The minimum Gasteiger partial charge on any atom is -0.340 e. The quantitative estimate of drug-likeness (QED) is 0.700. The summed E-state index contributed by atoms with van der Waals surface area (Å²) in [6.45, 7) is 0.708. The van der Waals surface area contributed by atoms with Crippen molar-refractivity contribution in [2.45, 2.75) is 17.2 Å². The van der Waals surface area contributed by atoms with Crippen LogP contribution in [0.1, 0.15) is 12.8 Å². The van der Waals surface area contributed by atoms with Crippen molar-refractivity contribution >= 4 is 50.8 Å². The highest BCUT2D eigenvalue weighted by atomic mass is 35.5. The normalized spacial score (nSPS) is 10.2. The lowest BCUT2D eigenvalue weighted by Gasteiger charge is -2.19. The molecule has 0 atom stereocenters. The Morgan fingerprint density at radius 3 is 2.65 bits per heavy atom. The molecule has 0 aliphatic rings. The summed E-state index contributed by atoms with van der Waals surface area (Å²) in [4.78, 5) is 18.2. The van der Waals surface area contributed by atoms with E-state index in [0.29, 0.717) is 18.1 Å². The molecule has 1 heterocycles. The van der Waals surface area contributed by atoms with Crippen molar-refractivity contribution in [3.8, 4) is 12.1 Å². The van der Waals surface area contributed by atoms with Crippen LogP contribution in [0.4, 0.5) is 0 Å². The highest BCUT2D eigenvalue weighted by molar-refractivity contribution is 8.01. The predicted molar refractivity (Wildman–Crippen MR) is 92.4 cm³/mol. The molecular weight excluding hydrogens is 352 g/mol. The number of amides is 1. The monoisotopic (exact) mass is 364 g/mol. The van der Waals surface area contributed by atoms with Gasteiger partial charge in [-0.05, 0) is 18.2 Å². The van der Waals surface area contributed by atoms with Crippen LogP contribution in [0.25, 0.3) is 10.2 Å². The number of hydrogen-bond acceptors (Lipinski definition) is 6. The summed E-state index contributed by atoms with van der Waals surface area (Å²) in [5, 5.41) is 17.9. The number of thiazole rings is 1. The third-order valence-electron chi connectivity index (χ3n) is 2.99. The Morgan fingerprint density at radius 2 is 2.00 bits per heavy atom. The number of nitrogens with zero attached hydrogens (tertiary/aromatic N) is 4. The van der Waals surface area contributed by atoms with Gasteiger partial charge in [0.05, 0.1) is 40.9 Å². The van der Waals surface area contributed by atoms with E-state index in [1.807, 2.05) is 24.3 Å².